The van der Waals surface area contributed by atoms with Gasteiger partial charge in [-0.25, -0.2) is 0 Å². The van der Waals surface area contributed by atoms with E-state index in [0.717, 1.165) is 71.0 Å². The Morgan fingerprint density at radius 1 is 0.971 bits per heavy atom. The Morgan fingerprint density at radius 2 is 1.74 bits per heavy atom. The first-order valence-electron chi connectivity index (χ1n) is 14.0. The van der Waals surface area contributed by atoms with Gasteiger partial charge in [0.25, 0.3) is 0 Å². The second kappa shape index (κ2) is 11.1. The number of methoxy groups -OCH3 is 1. The summed E-state index contributed by atoms with van der Waals surface area (Å²) in [6.45, 7) is 9.38. The van der Waals surface area contributed by atoms with Crippen LogP contribution in [0.3, 0.4) is 0 Å². The molecule has 3 saturated heterocycles. The molecule has 2 saturated carbocycles. The lowest BCUT2D eigenvalue weighted by Crippen LogP contribution is -2.67. The fraction of sp³-hybridized carbons (Fsp3) is 0.962. The third-order valence-corrected chi connectivity index (χ3v) is 9.68. The fourth-order valence-corrected chi connectivity index (χ4v) is 7.48. The summed E-state index contributed by atoms with van der Waals surface area (Å²) >= 11 is 0. The van der Waals surface area contributed by atoms with E-state index in [4.69, 9.17) is 4.74 Å². The molecular formula is C26H48N6O2. The molecule has 1 amide bonds. The number of carbonyl (C=O) groups excluding carboxylic acids is 1. The highest BCUT2D eigenvalue weighted by molar-refractivity contribution is 5.79. The second-order valence-corrected chi connectivity index (χ2v) is 11.8. The van der Waals surface area contributed by atoms with E-state index in [0.29, 0.717) is 36.2 Å². The summed E-state index contributed by atoms with van der Waals surface area (Å²) in [6.07, 6.45) is 9.36. The van der Waals surface area contributed by atoms with E-state index in [1.807, 2.05) is 7.11 Å². The minimum Gasteiger partial charge on any atom is -0.381 e. The van der Waals surface area contributed by atoms with Crippen LogP contribution in [0.15, 0.2) is 0 Å². The molecule has 0 aromatic carbocycles. The molecule has 6 unspecified atom stereocenters. The van der Waals surface area contributed by atoms with Crippen LogP contribution >= 0.6 is 0 Å². The Bertz CT molecular complexity index is 678. The Hall–Kier alpha value is -0.770. The van der Waals surface area contributed by atoms with Gasteiger partial charge in [-0.1, -0.05) is 6.92 Å². The number of ether oxygens (including phenoxy) is 1. The van der Waals surface area contributed by atoms with Crippen molar-refractivity contribution in [3.63, 3.8) is 0 Å². The summed E-state index contributed by atoms with van der Waals surface area (Å²) in [5, 5.41) is 11.6. The molecule has 0 radical (unpaired) electrons. The van der Waals surface area contributed by atoms with E-state index < -0.39 is 0 Å². The van der Waals surface area contributed by atoms with Crippen LogP contribution in [0.2, 0.25) is 0 Å². The zero-order valence-electron chi connectivity index (χ0n) is 21.7. The maximum Gasteiger partial charge on any atom is 0.226 e. The van der Waals surface area contributed by atoms with Gasteiger partial charge in [0, 0.05) is 70.9 Å². The van der Waals surface area contributed by atoms with E-state index >= 15 is 0 Å². The highest BCUT2D eigenvalue weighted by Crippen LogP contribution is 2.35. The molecular weight excluding hydrogens is 428 g/mol. The van der Waals surface area contributed by atoms with Crippen LogP contribution in [-0.2, 0) is 9.53 Å². The topological polar surface area (TPSA) is 72.1 Å². The number of carbonyl (C=O) groups is 1. The number of nitrogens with zero attached hydrogens (tertiary/aromatic N) is 3. The zero-order valence-corrected chi connectivity index (χ0v) is 21.7. The van der Waals surface area contributed by atoms with Gasteiger partial charge in [0.05, 0.1) is 18.4 Å². The van der Waals surface area contributed by atoms with Crippen molar-refractivity contribution in [1.82, 2.24) is 30.7 Å². The number of piperazine rings is 2. The van der Waals surface area contributed by atoms with E-state index in [2.05, 4.69) is 44.6 Å². The lowest BCUT2D eigenvalue weighted by atomic mass is 9.77. The molecule has 6 atom stereocenters. The summed E-state index contributed by atoms with van der Waals surface area (Å²) < 4.78 is 5.61. The minimum absolute atomic E-state index is 0.202. The normalized spacial score (nSPS) is 42.5. The van der Waals surface area contributed by atoms with E-state index in [-0.39, 0.29) is 12.1 Å². The lowest BCUT2D eigenvalue weighted by Gasteiger charge is -2.45. The van der Waals surface area contributed by atoms with Gasteiger partial charge in [-0.05, 0) is 63.8 Å². The SMILES string of the molecule is COC1CCC(C2CNC3C(NC4CCC(C(=O)N5CCN(C)CC5)C(C)C4)NCCN23)CC1. The molecule has 3 N–H and O–H groups in total. The number of nitrogens with one attached hydrogen (secondary N) is 3. The molecule has 34 heavy (non-hydrogen) atoms. The minimum atomic E-state index is 0.202. The van der Waals surface area contributed by atoms with Crippen LogP contribution in [0.4, 0.5) is 0 Å². The van der Waals surface area contributed by atoms with Crippen LogP contribution in [0.5, 0.6) is 0 Å². The molecule has 8 heteroatoms. The molecule has 0 bridgehead atoms. The number of hydrogen-bond acceptors (Lipinski definition) is 7. The number of likely N-dealkylation sites (N-methyl/N-ethyl adjacent to an activating group) is 1. The van der Waals surface area contributed by atoms with Gasteiger partial charge in [0.15, 0.2) is 0 Å². The third-order valence-electron chi connectivity index (χ3n) is 9.68. The van der Waals surface area contributed by atoms with Gasteiger partial charge >= 0.3 is 0 Å². The largest absolute Gasteiger partial charge is 0.381 e. The average Bonchev–Trinajstić information content (AvgIpc) is 3.29. The van der Waals surface area contributed by atoms with Gasteiger partial charge in [-0.15, -0.1) is 0 Å². The first kappa shape index (κ1) is 24.9. The standard InChI is InChI=1S/C26H48N6O2/c1-18-16-20(6-9-22(18)26(33)31-14-12-30(2)13-15-31)29-24-25-28-17-23(32(25)11-10-27-24)19-4-7-21(34-3)8-5-19/h18-25,27-29H,4-17H2,1-3H3. The molecule has 194 valence electrons. The molecule has 0 aromatic heterocycles. The predicted molar refractivity (Wildman–Crippen MR) is 134 cm³/mol. The van der Waals surface area contributed by atoms with E-state index in [1.54, 1.807) is 0 Å². The van der Waals surface area contributed by atoms with Gasteiger partial charge in [0.1, 0.15) is 0 Å². The highest BCUT2D eigenvalue weighted by Gasteiger charge is 2.45. The fourth-order valence-electron chi connectivity index (χ4n) is 7.48. The quantitative estimate of drug-likeness (QED) is 0.544. The maximum absolute atomic E-state index is 13.2. The lowest BCUT2D eigenvalue weighted by molar-refractivity contribution is -0.140. The van der Waals surface area contributed by atoms with Gasteiger partial charge in [0.2, 0.25) is 5.91 Å². The smallest absolute Gasteiger partial charge is 0.226 e. The summed E-state index contributed by atoms with van der Waals surface area (Å²) in [7, 11) is 4.01. The van der Waals surface area contributed by atoms with Crippen molar-refractivity contribution in [3.8, 4) is 0 Å². The van der Waals surface area contributed by atoms with Crippen molar-refractivity contribution in [2.45, 2.75) is 82.4 Å². The van der Waals surface area contributed by atoms with Crippen LogP contribution in [0.25, 0.3) is 0 Å². The van der Waals surface area contributed by atoms with Gasteiger partial charge < -0.3 is 14.5 Å². The molecule has 0 aromatic rings. The van der Waals surface area contributed by atoms with Gasteiger partial charge in [-0.2, -0.15) is 0 Å². The second-order valence-electron chi connectivity index (χ2n) is 11.8. The summed E-state index contributed by atoms with van der Waals surface area (Å²) in [6, 6.07) is 1.15. The van der Waals surface area contributed by atoms with Crippen LogP contribution in [0.1, 0.15) is 51.9 Å². The van der Waals surface area contributed by atoms with Crippen LogP contribution < -0.4 is 16.0 Å². The van der Waals surface area contributed by atoms with Crippen molar-refractivity contribution in [2.24, 2.45) is 17.8 Å². The summed E-state index contributed by atoms with van der Waals surface area (Å²) in [5.74, 6) is 1.84. The zero-order chi connectivity index (χ0) is 23.7. The van der Waals surface area contributed by atoms with Crippen molar-refractivity contribution in [3.05, 3.63) is 0 Å². The van der Waals surface area contributed by atoms with E-state index in [9.17, 15) is 4.79 Å². The van der Waals surface area contributed by atoms with Crippen molar-refractivity contribution in [2.75, 3.05) is 60.0 Å². The predicted octanol–water partition coefficient (Wildman–Crippen LogP) is 0.889. The summed E-state index contributed by atoms with van der Waals surface area (Å²) in [4.78, 5) is 20.4. The maximum atomic E-state index is 13.2. The molecule has 3 aliphatic heterocycles. The number of amides is 1. The number of fused-ring (bicyclic) bond motifs is 1. The molecule has 0 spiro atoms. The first-order chi connectivity index (χ1) is 16.5. The number of hydrogen-bond donors (Lipinski definition) is 3. The Labute approximate surface area is 206 Å². The van der Waals surface area contributed by atoms with Crippen LogP contribution in [0, 0.1) is 17.8 Å². The molecule has 2 aliphatic carbocycles. The molecule has 3 heterocycles. The molecule has 5 aliphatic rings. The Kier molecular flexibility index (Phi) is 8.13. The average molecular weight is 477 g/mol. The molecule has 5 fully saturated rings. The number of rotatable bonds is 5. The van der Waals surface area contributed by atoms with Crippen LogP contribution in [-0.4, -0.2) is 111 Å². The monoisotopic (exact) mass is 476 g/mol. The Balaban J connectivity index is 1.12. The van der Waals surface area contributed by atoms with E-state index in [1.165, 1.54) is 25.7 Å². The highest BCUT2D eigenvalue weighted by atomic mass is 16.5. The first-order valence-corrected chi connectivity index (χ1v) is 14.0. The molecule has 5 rings (SSSR count). The van der Waals surface area contributed by atoms with Gasteiger partial charge in [-0.3, -0.25) is 25.6 Å². The van der Waals surface area contributed by atoms with Crippen molar-refractivity contribution in [1.29, 1.82) is 0 Å². The van der Waals surface area contributed by atoms with Crippen molar-refractivity contribution >= 4 is 5.91 Å². The van der Waals surface area contributed by atoms with Crippen molar-refractivity contribution < 1.29 is 9.53 Å². The third kappa shape index (κ3) is 5.32. The summed E-state index contributed by atoms with van der Waals surface area (Å²) in [5.41, 5.74) is 0. The molecule has 8 nitrogen and oxygen atoms in total. The Morgan fingerprint density at radius 3 is 2.44 bits per heavy atom.